The van der Waals surface area contributed by atoms with Crippen molar-refractivity contribution in [2.24, 2.45) is 5.41 Å². The highest BCUT2D eigenvalue weighted by Gasteiger charge is 2.39. The summed E-state index contributed by atoms with van der Waals surface area (Å²) in [6.45, 7) is 9.95. The summed E-state index contributed by atoms with van der Waals surface area (Å²) in [5.41, 5.74) is -0.178. The van der Waals surface area contributed by atoms with Crippen LogP contribution in [-0.2, 0) is 9.47 Å². The maximum atomic E-state index is 11.0. The van der Waals surface area contributed by atoms with E-state index in [0.717, 1.165) is 26.3 Å². The van der Waals surface area contributed by atoms with Crippen molar-refractivity contribution in [3.05, 3.63) is 0 Å². The van der Waals surface area contributed by atoms with Crippen LogP contribution in [0.25, 0.3) is 0 Å². The fourth-order valence-electron chi connectivity index (χ4n) is 2.66. The molecule has 2 atom stereocenters. The number of rotatable bonds is 3. The topological polar surface area (TPSA) is 71.0 Å². The molecule has 2 fully saturated rings. The first-order valence-electron chi connectivity index (χ1n) is 6.81. The lowest BCUT2D eigenvalue weighted by Crippen LogP contribution is -2.61. The number of morpholine rings is 1. The van der Waals surface area contributed by atoms with Crippen molar-refractivity contribution in [1.82, 2.24) is 10.2 Å². The van der Waals surface area contributed by atoms with Crippen molar-refractivity contribution in [2.75, 3.05) is 32.9 Å². The van der Waals surface area contributed by atoms with Gasteiger partial charge in [0.1, 0.15) is 0 Å². The molecule has 0 spiro atoms. The average molecular weight is 272 g/mol. The number of hydrogen-bond donors (Lipinski definition) is 2. The van der Waals surface area contributed by atoms with E-state index in [1.807, 2.05) is 20.8 Å². The highest BCUT2D eigenvalue weighted by atomic mass is 16.5. The molecule has 2 rings (SSSR count). The summed E-state index contributed by atoms with van der Waals surface area (Å²) in [5, 5.41) is 11.6. The van der Waals surface area contributed by atoms with E-state index >= 15 is 0 Å². The van der Waals surface area contributed by atoms with Crippen molar-refractivity contribution in [2.45, 2.75) is 39.0 Å². The molecule has 6 heteroatoms. The molecule has 19 heavy (non-hydrogen) atoms. The molecule has 0 bridgehead atoms. The third-order valence-electron chi connectivity index (χ3n) is 3.85. The van der Waals surface area contributed by atoms with Gasteiger partial charge in [-0.05, 0) is 5.41 Å². The summed E-state index contributed by atoms with van der Waals surface area (Å²) in [6.07, 6.45) is -1.10. The molecule has 0 aromatic heterocycles. The van der Waals surface area contributed by atoms with Crippen molar-refractivity contribution in [3.8, 4) is 0 Å². The Bertz CT molecular complexity index is 325. The molecule has 2 N–H and O–H groups in total. The summed E-state index contributed by atoms with van der Waals surface area (Å²) in [5.74, 6) is 0. The molecule has 0 aromatic carbocycles. The van der Waals surface area contributed by atoms with Gasteiger partial charge in [0.2, 0.25) is 0 Å². The molecule has 0 radical (unpaired) electrons. The number of nitrogens with zero attached hydrogens (tertiary/aromatic N) is 1. The van der Waals surface area contributed by atoms with Crippen LogP contribution in [0.15, 0.2) is 0 Å². The lowest BCUT2D eigenvalue weighted by molar-refractivity contribution is -0.126. The van der Waals surface area contributed by atoms with Gasteiger partial charge in [-0.15, -0.1) is 0 Å². The molecule has 2 aliphatic rings. The van der Waals surface area contributed by atoms with E-state index in [0.29, 0.717) is 12.6 Å². The Hall–Kier alpha value is -0.850. The van der Waals surface area contributed by atoms with E-state index < -0.39 is 6.09 Å². The van der Waals surface area contributed by atoms with Gasteiger partial charge in [0.05, 0.1) is 38.0 Å². The number of amides is 1. The van der Waals surface area contributed by atoms with Crippen molar-refractivity contribution < 1.29 is 19.4 Å². The Labute approximate surface area is 114 Å². The molecule has 0 aromatic rings. The summed E-state index contributed by atoms with van der Waals surface area (Å²) in [7, 11) is 0. The molecule has 110 valence electrons. The van der Waals surface area contributed by atoms with Crippen molar-refractivity contribution >= 4 is 6.09 Å². The van der Waals surface area contributed by atoms with Crippen LogP contribution in [0.5, 0.6) is 0 Å². The third-order valence-corrected chi connectivity index (χ3v) is 3.85. The van der Waals surface area contributed by atoms with Crippen LogP contribution in [0, 0.1) is 5.41 Å². The fraction of sp³-hybridized carbons (Fsp3) is 0.923. The number of ether oxygens (including phenoxy) is 2. The first-order valence-corrected chi connectivity index (χ1v) is 6.81. The minimum atomic E-state index is -0.993. The predicted molar refractivity (Wildman–Crippen MR) is 70.3 cm³/mol. The van der Waals surface area contributed by atoms with E-state index in [2.05, 4.69) is 10.2 Å². The zero-order chi connectivity index (χ0) is 14.0. The molecule has 0 saturated carbocycles. The van der Waals surface area contributed by atoms with Crippen LogP contribution >= 0.6 is 0 Å². The van der Waals surface area contributed by atoms with Gasteiger partial charge in [-0.25, -0.2) is 4.79 Å². The third kappa shape index (κ3) is 3.58. The number of carbonyl (C=O) groups is 1. The summed E-state index contributed by atoms with van der Waals surface area (Å²) in [6, 6.07) is 0.255. The molecule has 2 unspecified atom stereocenters. The Balaban J connectivity index is 2.01. The molecule has 2 heterocycles. The number of carboxylic acid groups (broad SMARTS) is 1. The monoisotopic (exact) mass is 272 g/mol. The Morgan fingerprint density at radius 2 is 2.11 bits per heavy atom. The lowest BCUT2D eigenvalue weighted by atomic mass is 9.82. The number of nitrogens with one attached hydrogen (secondary N) is 1. The van der Waals surface area contributed by atoms with Gasteiger partial charge in [-0.3, -0.25) is 4.90 Å². The van der Waals surface area contributed by atoms with Gasteiger partial charge in [0.15, 0.2) is 0 Å². The molecule has 1 amide bonds. The van der Waals surface area contributed by atoms with Gasteiger partial charge >= 0.3 is 6.09 Å². The molecular weight excluding hydrogens is 248 g/mol. The van der Waals surface area contributed by atoms with E-state index in [4.69, 9.17) is 14.6 Å². The van der Waals surface area contributed by atoms with E-state index in [1.165, 1.54) is 0 Å². The Morgan fingerprint density at radius 3 is 2.58 bits per heavy atom. The van der Waals surface area contributed by atoms with Crippen LogP contribution in [0.1, 0.15) is 20.8 Å². The first-order chi connectivity index (χ1) is 8.88. The van der Waals surface area contributed by atoms with E-state index in [1.54, 1.807) is 0 Å². The predicted octanol–water partition coefficient (Wildman–Crippen LogP) is 0.768. The minimum Gasteiger partial charge on any atom is -0.465 e. The number of hydrogen-bond acceptors (Lipinski definition) is 4. The summed E-state index contributed by atoms with van der Waals surface area (Å²) < 4.78 is 11.0. The van der Waals surface area contributed by atoms with Crippen LogP contribution in [0.4, 0.5) is 4.79 Å². The van der Waals surface area contributed by atoms with Gasteiger partial charge in [0.25, 0.3) is 0 Å². The maximum Gasteiger partial charge on any atom is 0.404 e. The fourth-order valence-corrected chi connectivity index (χ4v) is 2.66. The minimum absolute atomic E-state index is 0.106. The van der Waals surface area contributed by atoms with Gasteiger partial charge in [-0.1, -0.05) is 20.8 Å². The molecule has 2 saturated heterocycles. The second-order valence-electron chi connectivity index (χ2n) is 6.39. The van der Waals surface area contributed by atoms with Crippen LogP contribution in [-0.4, -0.2) is 67.2 Å². The highest BCUT2D eigenvalue weighted by molar-refractivity contribution is 5.65. The Kier molecular flexibility index (Phi) is 4.32. The average Bonchev–Trinajstić information content (AvgIpc) is 2.22. The quantitative estimate of drug-likeness (QED) is 0.794. The molecule has 6 nitrogen and oxygen atoms in total. The summed E-state index contributed by atoms with van der Waals surface area (Å²) >= 11 is 0. The smallest absolute Gasteiger partial charge is 0.404 e. The van der Waals surface area contributed by atoms with Gasteiger partial charge in [0, 0.05) is 13.1 Å². The maximum absolute atomic E-state index is 11.0. The molecule has 2 aliphatic heterocycles. The highest BCUT2D eigenvalue weighted by Crippen LogP contribution is 2.26. The van der Waals surface area contributed by atoms with E-state index in [9.17, 15) is 4.79 Å². The van der Waals surface area contributed by atoms with Gasteiger partial charge in [-0.2, -0.15) is 0 Å². The standard InChI is InChI=1S/C13H24N2O4/c1-13(2,3)11(14-12(16)17)10-6-15(4-5-19-10)9-7-18-8-9/h9-11,14H,4-8H2,1-3H3,(H,16,17). The van der Waals surface area contributed by atoms with Gasteiger partial charge < -0.3 is 19.9 Å². The Morgan fingerprint density at radius 1 is 1.42 bits per heavy atom. The zero-order valence-corrected chi connectivity index (χ0v) is 11.9. The van der Waals surface area contributed by atoms with Crippen LogP contribution in [0.2, 0.25) is 0 Å². The van der Waals surface area contributed by atoms with Crippen molar-refractivity contribution in [3.63, 3.8) is 0 Å². The second-order valence-corrected chi connectivity index (χ2v) is 6.39. The first kappa shape index (κ1) is 14.6. The molecule has 0 aliphatic carbocycles. The van der Waals surface area contributed by atoms with Crippen LogP contribution in [0.3, 0.4) is 0 Å². The van der Waals surface area contributed by atoms with Crippen molar-refractivity contribution in [1.29, 1.82) is 0 Å². The SMILES string of the molecule is CC(C)(C)C(NC(=O)O)C1CN(C2COC2)CCO1. The molecular formula is C13H24N2O4. The van der Waals surface area contributed by atoms with Crippen LogP contribution < -0.4 is 5.32 Å². The normalized spacial score (nSPS) is 27.6. The second kappa shape index (κ2) is 5.64. The largest absolute Gasteiger partial charge is 0.465 e. The van der Waals surface area contributed by atoms with E-state index in [-0.39, 0.29) is 17.6 Å². The lowest BCUT2D eigenvalue weighted by Gasteiger charge is -2.46. The zero-order valence-electron chi connectivity index (χ0n) is 11.9. The summed E-state index contributed by atoms with van der Waals surface area (Å²) in [4.78, 5) is 13.3.